The van der Waals surface area contributed by atoms with Crippen molar-refractivity contribution < 1.29 is 8.42 Å². The van der Waals surface area contributed by atoms with Crippen molar-refractivity contribution in [1.29, 1.82) is 0 Å². The van der Waals surface area contributed by atoms with Crippen LogP contribution < -0.4 is 9.62 Å². The largest absolute Gasteiger partial charge is 0.376 e. The summed E-state index contributed by atoms with van der Waals surface area (Å²) in [6, 6.07) is 14.0. The topological polar surface area (TPSA) is 49.4 Å². The molecule has 2 aromatic rings. The first-order valence-electron chi connectivity index (χ1n) is 6.26. The molecular weight excluding hydrogens is 272 g/mol. The number of hydrogen-bond donors (Lipinski definition) is 1. The third kappa shape index (κ3) is 3.11. The van der Waals surface area contributed by atoms with Crippen LogP contribution in [0.4, 0.5) is 11.4 Å². The van der Waals surface area contributed by atoms with Gasteiger partial charge in [0.1, 0.15) is 0 Å². The smallest absolute Gasteiger partial charge is 0.261 e. The predicted molar refractivity (Wildman–Crippen MR) is 82.8 cm³/mol. The Bertz CT molecular complexity index is 695. The molecule has 20 heavy (non-hydrogen) atoms. The Morgan fingerprint density at radius 3 is 2.25 bits per heavy atom. The molecule has 0 atom stereocenters. The van der Waals surface area contributed by atoms with Crippen LogP contribution in [0.1, 0.15) is 5.56 Å². The number of hydrogen-bond acceptors (Lipinski definition) is 3. The predicted octanol–water partition coefficient (Wildman–Crippen LogP) is 2.86. The van der Waals surface area contributed by atoms with E-state index in [1.54, 1.807) is 30.3 Å². The molecule has 2 rings (SSSR count). The van der Waals surface area contributed by atoms with E-state index in [4.69, 9.17) is 0 Å². The van der Waals surface area contributed by atoms with E-state index in [1.807, 2.05) is 44.1 Å². The standard InChI is InChI=1S/C15H18N2O2S/c1-12-9-10-15(17(2)3)14(11-12)16-20(18,19)13-7-5-4-6-8-13/h4-11,16H,1-3H3. The number of nitrogens with one attached hydrogen (secondary N) is 1. The average Bonchev–Trinajstić information content (AvgIpc) is 2.39. The molecular formula is C15H18N2O2S. The number of benzene rings is 2. The summed E-state index contributed by atoms with van der Waals surface area (Å²) in [5.41, 5.74) is 2.41. The van der Waals surface area contributed by atoms with Crippen LogP contribution in [0, 0.1) is 6.92 Å². The van der Waals surface area contributed by atoms with Crippen molar-refractivity contribution in [3.8, 4) is 0 Å². The first kappa shape index (κ1) is 14.4. The lowest BCUT2D eigenvalue weighted by Gasteiger charge is -2.19. The Morgan fingerprint density at radius 1 is 1.00 bits per heavy atom. The minimum Gasteiger partial charge on any atom is -0.376 e. The second kappa shape index (κ2) is 5.54. The van der Waals surface area contributed by atoms with Crippen LogP contribution in [-0.4, -0.2) is 22.5 Å². The molecule has 0 aliphatic heterocycles. The zero-order chi connectivity index (χ0) is 14.8. The summed E-state index contributed by atoms with van der Waals surface area (Å²) in [4.78, 5) is 2.13. The molecule has 0 radical (unpaired) electrons. The van der Waals surface area contributed by atoms with E-state index in [1.165, 1.54) is 0 Å². The molecule has 0 amide bonds. The lowest BCUT2D eigenvalue weighted by molar-refractivity contribution is 0.601. The molecule has 106 valence electrons. The molecule has 0 unspecified atom stereocenters. The van der Waals surface area contributed by atoms with Gasteiger partial charge < -0.3 is 4.90 Å². The molecule has 4 nitrogen and oxygen atoms in total. The Morgan fingerprint density at radius 2 is 1.65 bits per heavy atom. The molecule has 5 heteroatoms. The molecule has 0 fully saturated rings. The van der Waals surface area contributed by atoms with Gasteiger partial charge in [-0.2, -0.15) is 0 Å². The number of rotatable bonds is 4. The third-order valence-electron chi connectivity index (χ3n) is 2.93. The monoisotopic (exact) mass is 290 g/mol. The molecule has 2 aromatic carbocycles. The van der Waals surface area contributed by atoms with E-state index < -0.39 is 10.0 Å². The van der Waals surface area contributed by atoms with Crippen LogP contribution in [-0.2, 0) is 10.0 Å². The summed E-state index contributed by atoms with van der Waals surface area (Å²) in [6.45, 7) is 1.93. The van der Waals surface area contributed by atoms with E-state index in [0.29, 0.717) is 5.69 Å². The second-order valence-corrected chi connectivity index (χ2v) is 6.52. The number of aryl methyl sites for hydroxylation is 1. The Balaban J connectivity index is 2.42. The van der Waals surface area contributed by atoms with Crippen LogP contribution in [0.3, 0.4) is 0 Å². The molecule has 0 aliphatic rings. The summed E-state index contributed by atoms with van der Waals surface area (Å²) in [5.74, 6) is 0. The van der Waals surface area contributed by atoms with Crippen LogP contribution >= 0.6 is 0 Å². The van der Waals surface area contributed by atoms with Gasteiger partial charge in [0.15, 0.2) is 0 Å². The summed E-state index contributed by atoms with van der Waals surface area (Å²) in [7, 11) is 0.197. The van der Waals surface area contributed by atoms with Crippen LogP contribution in [0.2, 0.25) is 0 Å². The van der Waals surface area contributed by atoms with Crippen LogP contribution in [0.5, 0.6) is 0 Å². The van der Waals surface area contributed by atoms with Gasteiger partial charge in [0, 0.05) is 14.1 Å². The summed E-state index contributed by atoms with van der Waals surface area (Å²) >= 11 is 0. The maximum Gasteiger partial charge on any atom is 0.261 e. The van der Waals surface area contributed by atoms with Crippen molar-refractivity contribution in [2.75, 3.05) is 23.7 Å². The van der Waals surface area contributed by atoms with Gasteiger partial charge in [-0.25, -0.2) is 8.42 Å². The van der Waals surface area contributed by atoms with E-state index >= 15 is 0 Å². The Kier molecular flexibility index (Phi) is 3.99. The lowest BCUT2D eigenvalue weighted by atomic mass is 10.2. The van der Waals surface area contributed by atoms with Crippen molar-refractivity contribution in [2.45, 2.75) is 11.8 Å². The van der Waals surface area contributed by atoms with Gasteiger partial charge in [0.2, 0.25) is 0 Å². The number of sulfonamides is 1. The van der Waals surface area contributed by atoms with Crippen molar-refractivity contribution in [3.63, 3.8) is 0 Å². The molecule has 0 bridgehead atoms. The number of anilines is 2. The molecule has 0 saturated carbocycles. The second-order valence-electron chi connectivity index (χ2n) is 4.83. The molecule has 0 aliphatic carbocycles. The van der Waals surface area contributed by atoms with Crippen molar-refractivity contribution >= 4 is 21.4 Å². The minimum atomic E-state index is -3.56. The highest BCUT2D eigenvalue weighted by Gasteiger charge is 2.16. The summed E-state index contributed by atoms with van der Waals surface area (Å²) < 4.78 is 27.4. The van der Waals surface area contributed by atoms with Gasteiger partial charge in [0.25, 0.3) is 10.0 Å². The highest BCUT2D eigenvalue weighted by Crippen LogP contribution is 2.27. The van der Waals surface area contributed by atoms with Gasteiger partial charge in [-0.1, -0.05) is 24.3 Å². The zero-order valence-electron chi connectivity index (χ0n) is 11.8. The van der Waals surface area contributed by atoms with Gasteiger partial charge in [0.05, 0.1) is 16.3 Å². The fourth-order valence-corrected chi connectivity index (χ4v) is 3.01. The normalized spacial score (nSPS) is 11.2. The molecule has 0 saturated heterocycles. The van der Waals surface area contributed by atoms with Crippen molar-refractivity contribution in [1.82, 2.24) is 0 Å². The van der Waals surface area contributed by atoms with Gasteiger partial charge >= 0.3 is 0 Å². The zero-order valence-corrected chi connectivity index (χ0v) is 12.6. The highest BCUT2D eigenvalue weighted by molar-refractivity contribution is 7.92. The summed E-state index contributed by atoms with van der Waals surface area (Å²) in [6.07, 6.45) is 0. The minimum absolute atomic E-state index is 0.256. The van der Waals surface area contributed by atoms with E-state index in [-0.39, 0.29) is 4.90 Å². The fourth-order valence-electron chi connectivity index (χ4n) is 1.92. The summed E-state index contributed by atoms with van der Waals surface area (Å²) in [5, 5.41) is 0. The van der Waals surface area contributed by atoms with Crippen molar-refractivity contribution in [3.05, 3.63) is 54.1 Å². The lowest BCUT2D eigenvalue weighted by Crippen LogP contribution is -2.17. The number of nitrogens with zero attached hydrogens (tertiary/aromatic N) is 1. The SMILES string of the molecule is Cc1ccc(N(C)C)c(NS(=O)(=O)c2ccccc2)c1. The fraction of sp³-hybridized carbons (Fsp3) is 0.200. The maximum atomic E-state index is 12.4. The van der Waals surface area contributed by atoms with Gasteiger partial charge in [-0.05, 0) is 36.8 Å². The highest BCUT2D eigenvalue weighted by atomic mass is 32.2. The average molecular weight is 290 g/mol. The van der Waals surface area contributed by atoms with Gasteiger partial charge in [-0.15, -0.1) is 0 Å². The molecule has 0 aromatic heterocycles. The first-order chi connectivity index (χ1) is 9.40. The van der Waals surface area contributed by atoms with Crippen molar-refractivity contribution in [2.24, 2.45) is 0 Å². The first-order valence-corrected chi connectivity index (χ1v) is 7.74. The van der Waals surface area contributed by atoms with E-state index in [0.717, 1.165) is 11.3 Å². The van der Waals surface area contributed by atoms with Crippen LogP contribution in [0.15, 0.2) is 53.4 Å². The quantitative estimate of drug-likeness (QED) is 0.942. The molecule has 1 N–H and O–H groups in total. The van der Waals surface area contributed by atoms with Crippen LogP contribution in [0.25, 0.3) is 0 Å². The molecule has 0 heterocycles. The third-order valence-corrected chi connectivity index (χ3v) is 4.31. The molecule has 0 spiro atoms. The Hall–Kier alpha value is -2.01. The van der Waals surface area contributed by atoms with Gasteiger partial charge in [-0.3, -0.25) is 4.72 Å². The Labute approximate surface area is 120 Å². The maximum absolute atomic E-state index is 12.4. The van der Waals surface area contributed by atoms with E-state index in [9.17, 15) is 8.42 Å². The van der Waals surface area contributed by atoms with E-state index in [2.05, 4.69) is 4.72 Å².